The number of aryl methyl sites for hydroxylation is 1. The Kier molecular flexibility index (Phi) is 5.67. The van der Waals surface area contributed by atoms with E-state index in [0.717, 1.165) is 62.4 Å². The number of H-pyrrole nitrogens is 1. The Morgan fingerprint density at radius 1 is 1.17 bits per heavy atom. The number of hydrogen-bond donors (Lipinski definition) is 1. The predicted molar refractivity (Wildman–Crippen MR) is 114 cm³/mol. The molecule has 154 valence electrons. The topological polar surface area (TPSA) is 70.1 Å². The van der Waals surface area contributed by atoms with Gasteiger partial charge in [0.1, 0.15) is 11.5 Å². The zero-order valence-corrected chi connectivity index (χ0v) is 17.6. The molecule has 3 heterocycles. The van der Waals surface area contributed by atoms with Crippen LogP contribution in [0.1, 0.15) is 48.2 Å². The van der Waals surface area contributed by atoms with Gasteiger partial charge >= 0.3 is 0 Å². The van der Waals surface area contributed by atoms with Crippen LogP contribution in [0.3, 0.4) is 0 Å². The number of rotatable bonds is 5. The van der Waals surface area contributed by atoms with Crippen molar-refractivity contribution in [3.63, 3.8) is 0 Å². The highest BCUT2D eigenvalue weighted by Gasteiger charge is 2.22. The molecule has 0 unspecified atom stereocenters. The summed E-state index contributed by atoms with van der Waals surface area (Å²) < 4.78 is 1.84. The van der Waals surface area contributed by atoms with Crippen molar-refractivity contribution in [1.29, 1.82) is 0 Å². The number of aromatic nitrogens is 4. The number of amides is 1. The number of imidazole rings is 1. The van der Waals surface area contributed by atoms with Crippen molar-refractivity contribution in [2.45, 2.75) is 39.7 Å². The molecule has 4 rings (SSSR count). The summed E-state index contributed by atoms with van der Waals surface area (Å²) in [7, 11) is 0. The molecule has 1 aliphatic rings. The third kappa shape index (κ3) is 4.50. The zero-order chi connectivity index (χ0) is 20.4. The van der Waals surface area contributed by atoms with Crippen LogP contribution in [0.15, 0.2) is 30.5 Å². The van der Waals surface area contributed by atoms with Gasteiger partial charge in [0.2, 0.25) is 0 Å². The molecule has 1 N–H and O–H groups in total. The molecule has 0 radical (unpaired) electrons. The molecule has 0 aliphatic carbocycles. The van der Waals surface area contributed by atoms with Gasteiger partial charge in [-0.3, -0.25) is 9.48 Å². The number of carbonyl (C=O) groups excluding carboxylic acids is 1. The fraction of sp³-hybridized carbons (Fsp3) is 0.500. The molecule has 0 spiro atoms. The Hall–Kier alpha value is -2.67. The van der Waals surface area contributed by atoms with Crippen LogP contribution < -0.4 is 0 Å². The van der Waals surface area contributed by atoms with Crippen molar-refractivity contribution in [2.24, 2.45) is 0 Å². The van der Waals surface area contributed by atoms with Crippen molar-refractivity contribution in [3.8, 4) is 0 Å². The van der Waals surface area contributed by atoms with Crippen molar-refractivity contribution < 1.29 is 4.79 Å². The lowest BCUT2D eigenvalue weighted by atomic mass is 10.2. The lowest BCUT2D eigenvalue weighted by molar-refractivity contribution is 0.0754. The number of nitrogens with zero attached hydrogens (tertiary/aromatic N) is 5. The van der Waals surface area contributed by atoms with Crippen LogP contribution in [0, 0.1) is 6.92 Å². The maximum atomic E-state index is 12.8. The second-order valence-electron chi connectivity index (χ2n) is 8.22. The van der Waals surface area contributed by atoms with E-state index in [9.17, 15) is 4.79 Å². The van der Waals surface area contributed by atoms with Gasteiger partial charge in [0.15, 0.2) is 0 Å². The van der Waals surface area contributed by atoms with Crippen molar-refractivity contribution in [2.75, 3.05) is 32.7 Å². The van der Waals surface area contributed by atoms with E-state index in [1.807, 2.05) is 21.8 Å². The zero-order valence-electron chi connectivity index (χ0n) is 17.6. The SMILES string of the molecule is Cc1ccc2nc(CCN3CCCN(C(=O)c4ccn(C(C)C)n4)CC3)[nH]c2c1. The minimum absolute atomic E-state index is 0.0407. The number of nitrogens with one attached hydrogen (secondary N) is 1. The normalized spacial score (nSPS) is 15.9. The van der Waals surface area contributed by atoms with E-state index in [1.165, 1.54) is 5.56 Å². The number of benzene rings is 1. The molecule has 0 saturated carbocycles. The quantitative estimate of drug-likeness (QED) is 0.722. The first-order valence-corrected chi connectivity index (χ1v) is 10.5. The molecule has 0 bridgehead atoms. The first-order chi connectivity index (χ1) is 14.0. The third-order valence-corrected chi connectivity index (χ3v) is 5.58. The van der Waals surface area contributed by atoms with Crippen molar-refractivity contribution >= 4 is 16.9 Å². The van der Waals surface area contributed by atoms with E-state index in [2.05, 4.69) is 54.0 Å². The highest BCUT2D eigenvalue weighted by atomic mass is 16.2. The fourth-order valence-corrected chi connectivity index (χ4v) is 3.86. The summed E-state index contributed by atoms with van der Waals surface area (Å²) in [4.78, 5) is 25.3. The minimum Gasteiger partial charge on any atom is -0.342 e. The average Bonchev–Trinajstić information content (AvgIpc) is 3.27. The highest BCUT2D eigenvalue weighted by Crippen LogP contribution is 2.14. The fourth-order valence-electron chi connectivity index (χ4n) is 3.86. The predicted octanol–water partition coefficient (Wildman–Crippen LogP) is 3.04. The second kappa shape index (κ2) is 8.37. The van der Waals surface area contributed by atoms with Crippen LogP contribution >= 0.6 is 0 Å². The largest absolute Gasteiger partial charge is 0.342 e. The van der Waals surface area contributed by atoms with Gasteiger partial charge in [0.25, 0.3) is 5.91 Å². The summed E-state index contributed by atoms with van der Waals surface area (Å²) in [6.45, 7) is 10.6. The molecule has 7 nitrogen and oxygen atoms in total. The summed E-state index contributed by atoms with van der Waals surface area (Å²) in [5.74, 6) is 1.07. The van der Waals surface area contributed by atoms with Crippen LogP contribution in [-0.4, -0.2) is 68.2 Å². The highest BCUT2D eigenvalue weighted by molar-refractivity contribution is 5.92. The van der Waals surface area contributed by atoms with E-state index in [4.69, 9.17) is 4.98 Å². The van der Waals surface area contributed by atoms with Gasteiger partial charge in [0, 0.05) is 44.8 Å². The van der Waals surface area contributed by atoms with Crippen LogP contribution in [0.5, 0.6) is 0 Å². The second-order valence-corrected chi connectivity index (χ2v) is 8.22. The summed E-state index contributed by atoms with van der Waals surface area (Å²) >= 11 is 0. The van der Waals surface area contributed by atoms with Gasteiger partial charge in [-0.25, -0.2) is 4.98 Å². The molecule has 7 heteroatoms. The summed E-state index contributed by atoms with van der Waals surface area (Å²) in [5, 5.41) is 4.44. The Bertz CT molecular complexity index is 988. The molecule has 1 saturated heterocycles. The summed E-state index contributed by atoms with van der Waals surface area (Å²) in [6.07, 6.45) is 3.76. The van der Waals surface area contributed by atoms with Gasteiger partial charge < -0.3 is 14.8 Å². The molecule has 1 aromatic carbocycles. The number of carbonyl (C=O) groups is 1. The van der Waals surface area contributed by atoms with E-state index < -0.39 is 0 Å². The van der Waals surface area contributed by atoms with Gasteiger partial charge in [-0.2, -0.15) is 5.10 Å². The average molecular weight is 395 g/mol. The van der Waals surface area contributed by atoms with Crippen LogP contribution in [0.25, 0.3) is 11.0 Å². The van der Waals surface area contributed by atoms with E-state index in [-0.39, 0.29) is 11.9 Å². The van der Waals surface area contributed by atoms with Crippen LogP contribution in [0.2, 0.25) is 0 Å². The Labute approximate surface area is 171 Å². The molecule has 0 atom stereocenters. The van der Waals surface area contributed by atoms with Gasteiger partial charge in [-0.05, 0) is 57.5 Å². The first-order valence-electron chi connectivity index (χ1n) is 10.5. The van der Waals surface area contributed by atoms with Crippen molar-refractivity contribution in [1.82, 2.24) is 29.5 Å². The molecule has 3 aromatic rings. The van der Waals surface area contributed by atoms with Gasteiger partial charge in [0.05, 0.1) is 11.0 Å². The standard InChI is InChI=1S/C22H30N6O/c1-16(2)28-12-7-19(25-28)22(29)27-10-4-9-26(13-14-27)11-8-21-23-18-6-5-17(3)15-20(18)24-21/h5-7,12,15-16H,4,8-11,13-14H2,1-3H3,(H,23,24). The first kappa shape index (κ1) is 19.6. The molecule has 2 aromatic heterocycles. The smallest absolute Gasteiger partial charge is 0.274 e. The van der Waals surface area contributed by atoms with Crippen LogP contribution in [-0.2, 0) is 6.42 Å². The van der Waals surface area contributed by atoms with E-state index >= 15 is 0 Å². The maximum absolute atomic E-state index is 12.8. The molecule has 1 fully saturated rings. The van der Waals surface area contributed by atoms with Crippen LogP contribution in [0.4, 0.5) is 0 Å². The van der Waals surface area contributed by atoms with E-state index in [1.54, 1.807) is 0 Å². The summed E-state index contributed by atoms with van der Waals surface area (Å²) in [6, 6.07) is 8.40. The minimum atomic E-state index is 0.0407. The summed E-state index contributed by atoms with van der Waals surface area (Å²) in [5.41, 5.74) is 3.92. The Balaban J connectivity index is 1.32. The van der Waals surface area contributed by atoms with Crippen molar-refractivity contribution in [3.05, 3.63) is 47.5 Å². The molecular weight excluding hydrogens is 364 g/mol. The Morgan fingerprint density at radius 3 is 2.83 bits per heavy atom. The third-order valence-electron chi connectivity index (χ3n) is 5.58. The van der Waals surface area contributed by atoms with E-state index in [0.29, 0.717) is 5.69 Å². The lowest BCUT2D eigenvalue weighted by Crippen LogP contribution is -2.36. The van der Waals surface area contributed by atoms with Gasteiger partial charge in [-0.1, -0.05) is 6.07 Å². The molecular formula is C22H30N6O. The lowest BCUT2D eigenvalue weighted by Gasteiger charge is -2.21. The van der Waals surface area contributed by atoms with Gasteiger partial charge in [-0.15, -0.1) is 0 Å². The number of hydrogen-bond acceptors (Lipinski definition) is 4. The molecule has 29 heavy (non-hydrogen) atoms. The number of aromatic amines is 1. The molecule has 1 amide bonds. The molecule has 1 aliphatic heterocycles. The Morgan fingerprint density at radius 2 is 2.03 bits per heavy atom. The monoisotopic (exact) mass is 394 g/mol. The maximum Gasteiger partial charge on any atom is 0.274 e. The number of fused-ring (bicyclic) bond motifs is 1.